The van der Waals surface area contributed by atoms with Crippen molar-refractivity contribution in [3.8, 4) is 0 Å². The number of fused-ring (bicyclic) bond motifs is 1. The maximum Gasteiger partial charge on any atom is 0.237 e. The lowest BCUT2D eigenvalue weighted by Gasteiger charge is -2.18. The van der Waals surface area contributed by atoms with Crippen LogP contribution < -0.4 is 5.32 Å². The summed E-state index contributed by atoms with van der Waals surface area (Å²) in [6, 6.07) is 8.07. The monoisotopic (exact) mass is 413 g/mol. The average molecular weight is 414 g/mol. The van der Waals surface area contributed by atoms with Gasteiger partial charge in [0.25, 0.3) is 0 Å². The first kappa shape index (κ1) is 20.8. The Kier molecular flexibility index (Phi) is 6.40. The van der Waals surface area contributed by atoms with Crippen LogP contribution in [0.5, 0.6) is 0 Å². The van der Waals surface area contributed by atoms with Crippen LogP contribution >= 0.6 is 23.1 Å². The number of carbonyl (C=O) groups is 1. The summed E-state index contributed by atoms with van der Waals surface area (Å²) < 4.78 is 0. The first-order chi connectivity index (χ1) is 13.3. The number of benzene rings is 1. The SMILES string of the molecule is CC[C@H](C)c1ccccc1NC(=O)[C@@H](C)Sc1nc(C)nc2sc(C)c(C)c12. The highest BCUT2D eigenvalue weighted by Gasteiger charge is 2.21. The molecule has 148 valence electrons. The molecule has 0 radical (unpaired) electrons. The van der Waals surface area contributed by atoms with Crippen molar-refractivity contribution in [3.05, 3.63) is 46.1 Å². The van der Waals surface area contributed by atoms with Crippen molar-refractivity contribution in [1.82, 2.24) is 9.97 Å². The fourth-order valence-corrected chi connectivity index (χ4v) is 5.31. The molecule has 0 saturated carbocycles. The van der Waals surface area contributed by atoms with E-state index in [0.717, 1.165) is 33.2 Å². The van der Waals surface area contributed by atoms with Gasteiger partial charge < -0.3 is 5.32 Å². The molecule has 0 aliphatic carbocycles. The highest BCUT2D eigenvalue weighted by molar-refractivity contribution is 8.00. The zero-order valence-corrected chi connectivity index (χ0v) is 18.9. The Bertz CT molecular complexity index is 1010. The number of thiophene rings is 1. The van der Waals surface area contributed by atoms with Crippen LogP contribution in [-0.4, -0.2) is 21.1 Å². The van der Waals surface area contributed by atoms with E-state index in [4.69, 9.17) is 0 Å². The summed E-state index contributed by atoms with van der Waals surface area (Å²) >= 11 is 3.19. The third-order valence-electron chi connectivity index (χ3n) is 5.13. The number of nitrogens with one attached hydrogen (secondary N) is 1. The Balaban J connectivity index is 1.84. The van der Waals surface area contributed by atoms with E-state index in [2.05, 4.69) is 49.0 Å². The van der Waals surface area contributed by atoms with E-state index in [0.29, 0.717) is 5.92 Å². The molecule has 1 N–H and O–H groups in total. The number of hydrogen-bond donors (Lipinski definition) is 1. The third kappa shape index (κ3) is 4.23. The van der Waals surface area contributed by atoms with Crippen molar-refractivity contribution in [2.24, 2.45) is 0 Å². The molecular formula is C22H27N3OS2. The number of anilines is 1. The van der Waals surface area contributed by atoms with E-state index < -0.39 is 0 Å². The summed E-state index contributed by atoms with van der Waals surface area (Å²) in [6.45, 7) is 12.4. The van der Waals surface area contributed by atoms with Gasteiger partial charge in [-0.25, -0.2) is 9.97 Å². The van der Waals surface area contributed by atoms with E-state index in [1.807, 2.05) is 32.0 Å². The van der Waals surface area contributed by atoms with Crippen LogP contribution in [0.25, 0.3) is 10.2 Å². The Morgan fingerprint density at radius 3 is 2.61 bits per heavy atom. The normalized spacial score (nSPS) is 13.5. The largest absolute Gasteiger partial charge is 0.325 e. The lowest BCUT2D eigenvalue weighted by Crippen LogP contribution is -2.23. The van der Waals surface area contributed by atoms with Gasteiger partial charge in [-0.15, -0.1) is 11.3 Å². The number of rotatable bonds is 6. The molecule has 0 bridgehead atoms. The fraction of sp³-hybridized carbons (Fsp3) is 0.409. The molecule has 4 nitrogen and oxygen atoms in total. The highest BCUT2D eigenvalue weighted by Crippen LogP contribution is 2.37. The number of para-hydroxylation sites is 1. The van der Waals surface area contributed by atoms with Crippen LogP contribution in [0, 0.1) is 20.8 Å². The minimum Gasteiger partial charge on any atom is -0.325 e. The lowest BCUT2D eigenvalue weighted by atomic mass is 9.97. The standard InChI is InChI=1S/C22H27N3OS2/c1-7-12(2)17-10-8-9-11-18(17)25-20(26)15(5)28-22-19-13(3)14(4)27-21(19)23-16(6)24-22/h8-12,15H,7H2,1-6H3,(H,25,26)/t12-,15+/m0/s1. The number of aromatic nitrogens is 2. The van der Waals surface area contributed by atoms with Crippen molar-refractivity contribution < 1.29 is 4.79 Å². The Morgan fingerprint density at radius 1 is 1.18 bits per heavy atom. The number of carbonyl (C=O) groups excluding carboxylic acids is 1. The molecule has 1 amide bonds. The van der Waals surface area contributed by atoms with Crippen molar-refractivity contribution in [2.75, 3.05) is 5.32 Å². The first-order valence-corrected chi connectivity index (χ1v) is 11.3. The van der Waals surface area contributed by atoms with E-state index >= 15 is 0 Å². The molecule has 0 aliphatic rings. The second-order valence-corrected chi connectivity index (χ2v) is 9.72. The van der Waals surface area contributed by atoms with Crippen LogP contribution in [0.2, 0.25) is 0 Å². The molecule has 2 aromatic heterocycles. The van der Waals surface area contributed by atoms with Gasteiger partial charge in [0.1, 0.15) is 15.7 Å². The Hall–Kier alpha value is -1.92. The molecule has 3 rings (SSSR count). The number of aryl methyl sites for hydroxylation is 3. The molecule has 0 aliphatic heterocycles. The third-order valence-corrected chi connectivity index (χ3v) is 7.31. The molecule has 28 heavy (non-hydrogen) atoms. The zero-order chi connectivity index (χ0) is 20.4. The summed E-state index contributed by atoms with van der Waals surface area (Å²) in [7, 11) is 0. The Morgan fingerprint density at radius 2 is 1.89 bits per heavy atom. The van der Waals surface area contributed by atoms with Crippen molar-refractivity contribution in [2.45, 2.75) is 64.2 Å². The van der Waals surface area contributed by atoms with Gasteiger partial charge in [-0.3, -0.25) is 4.79 Å². The maximum absolute atomic E-state index is 12.9. The predicted octanol–water partition coefficient (Wildman–Crippen LogP) is 6.25. The summed E-state index contributed by atoms with van der Waals surface area (Å²) in [4.78, 5) is 24.4. The summed E-state index contributed by atoms with van der Waals surface area (Å²) in [5.74, 6) is 1.14. The topological polar surface area (TPSA) is 54.9 Å². The highest BCUT2D eigenvalue weighted by atomic mass is 32.2. The van der Waals surface area contributed by atoms with Crippen LogP contribution in [0.1, 0.15) is 54.9 Å². The number of hydrogen-bond acceptors (Lipinski definition) is 5. The average Bonchev–Trinajstić information content (AvgIpc) is 2.95. The molecule has 2 heterocycles. The molecule has 1 aromatic carbocycles. The van der Waals surface area contributed by atoms with Gasteiger partial charge in [-0.05, 0) is 57.2 Å². The molecule has 6 heteroatoms. The molecule has 0 spiro atoms. The van der Waals surface area contributed by atoms with Gasteiger partial charge in [0.05, 0.1) is 5.25 Å². The minimum absolute atomic E-state index is 0.00484. The van der Waals surface area contributed by atoms with Crippen LogP contribution in [0.15, 0.2) is 29.3 Å². The van der Waals surface area contributed by atoms with Gasteiger partial charge in [0, 0.05) is 16.0 Å². The summed E-state index contributed by atoms with van der Waals surface area (Å²) in [5, 5.41) is 4.84. The van der Waals surface area contributed by atoms with Crippen LogP contribution in [0.3, 0.4) is 0 Å². The predicted molar refractivity (Wildman–Crippen MR) is 121 cm³/mol. The smallest absolute Gasteiger partial charge is 0.237 e. The van der Waals surface area contributed by atoms with E-state index in [1.165, 1.54) is 27.8 Å². The molecule has 3 aromatic rings. The molecule has 0 saturated heterocycles. The maximum atomic E-state index is 12.9. The fourth-order valence-electron chi connectivity index (χ4n) is 3.12. The first-order valence-electron chi connectivity index (χ1n) is 9.62. The molecule has 0 fully saturated rings. The van der Waals surface area contributed by atoms with Gasteiger partial charge in [0.15, 0.2) is 0 Å². The lowest BCUT2D eigenvalue weighted by molar-refractivity contribution is -0.115. The number of amides is 1. The number of nitrogens with zero attached hydrogens (tertiary/aromatic N) is 2. The van der Waals surface area contributed by atoms with Crippen LogP contribution in [0.4, 0.5) is 5.69 Å². The zero-order valence-electron chi connectivity index (χ0n) is 17.3. The van der Waals surface area contributed by atoms with E-state index in [1.54, 1.807) is 11.3 Å². The minimum atomic E-state index is -0.262. The van der Waals surface area contributed by atoms with E-state index in [9.17, 15) is 4.79 Å². The van der Waals surface area contributed by atoms with Gasteiger partial charge in [0.2, 0.25) is 5.91 Å². The van der Waals surface area contributed by atoms with Crippen molar-refractivity contribution in [1.29, 1.82) is 0 Å². The van der Waals surface area contributed by atoms with E-state index in [-0.39, 0.29) is 11.2 Å². The second-order valence-electron chi connectivity index (χ2n) is 7.19. The van der Waals surface area contributed by atoms with Crippen molar-refractivity contribution in [3.63, 3.8) is 0 Å². The Labute approximate surface area is 175 Å². The van der Waals surface area contributed by atoms with Gasteiger partial charge in [-0.2, -0.15) is 0 Å². The molecule has 2 atom stereocenters. The molecular weight excluding hydrogens is 386 g/mol. The number of thioether (sulfide) groups is 1. The van der Waals surface area contributed by atoms with Gasteiger partial charge in [-0.1, -0.05) is 43.8 Å². The summed E-state index contributed by atoms with van der Waals surface area (Å²) in [6.07, 6.45) is 1.03. The molecule has 0 unspecified atom stereocenters. The van der Waals surface area contributed by atoms with Crippen molar-refractivity contribution >= 4 is 44.9 Å². The summed E-state index contributed by atoms with van der Waals surface area (Å²) in [5.41, 5.74) is 3.29. The quantitative estimate of drug-likeness (QED) is 0.383. The van der Waals surface area contributed by atoms with Crippen LogP contribution in [-0.2, 0) is 4.79 Å². The van der Waals surface area contributed by atoms with Gasteiger partial charge >= 0.3 is 0 Å². The second kappa shape index (κ2) is 8.62.